The molecule has 1 aromatic rings. The first kappa shape index (κ1) is 14.0. The topological polar surface area (TPSA) is 18.5 Å². The van der Waals surface area contributed by atoms with Crippen molar-refractivity contribution in [1.82, 2.24) is 0 Å². The normalized spacial score (nSPS) is 12.8. The molecule has 0 N–H and O–H groups in total. The van der Waals surface area contributed by atoms with E-state index in [0.29, 0.717) is 18.3 Å². The standard InChI is InChI=1S/C14H21FO2/c1-5-13(17-9-10(2)3)12-8-11(15)6-7-14(12)16-4/h6-8,10,13H,5,9H2,1-4H3/t13-/m0/s1. The molecule has 3 heteroatoms. The summed E-state index contributed by atoms with van der Waals surface area (Å²) in [5.41, 5.74) is 0.788. The van der Waals surface area contributed by atoms with E-state index in [1.165, 1.54) is 12.1 Å². The Morgan fingerprint density at radius 3 is 2.53 bits per heavy atom. The Bertz CT molecular complexity index is 350. The third-order valence-corrected chi connectivity index (χ3v) is 2.54. The molecule has 17 heavy (non-hydrogen) atoms. The lowest BCUT2D eigenvalue weighted by Crippen LogP contribution is -2.10. The highest BCUT2D eigenvalue weighted by atomic mass is 19.1. The monoisotopic (exact) mass is 240 g/mol. The first-order valence-electron chi connectivity index (χ1n) is 6.03. The summed E-state index contributed by atoms with van der Waals surface area (Å²) in [5.74, 6) is 0.887. The Morgan fingerprint density at radius 1 is 1.29 bits per heavy atom. The Labute approximate surface area is 103 Å². The van der Waals surface area contributed by atoms with Crippen molar-refractivity contribution >= 4 is 0 Å². The Kier molecular flexibility index (Phi) is 5.42. The minimum atomic E-state index is -0.257. The fraction of sp³-hybridized carbons (Fsp3) is 0.571. The van der Waals surface area contributed by atoms with E-state index in [9.17, 15) is 4.39 Å². The molecular weight excluding hydrogens is 219 g/mol. The molecule has 1 rings (SSSR count). The molecule has 0 fully saturated rings. The second-order valence-corrected chi connectivity index (χ2v) is 4.51. The molecule has 0 bridgehead atoms. The summed E-state index contributed by atoms with van der Waals surface area (Å²) in [5, 5.41) is 0. The van der Waals surface area contributed by atoms with Gasteiger partial charge in [-0.15, -0.1) is 0 Å². The molecule has 96 valence electrons. The van der Waals surface area contributed by atoms with Gasteiger partial charge < -0.3 is 9.47 Å². The van der Waals surface area contributed by atoms with E-state index in [1.807, 2.05) is 6.92 Å². The SMILES string of the molecule is CC[C@H](OCC(C)C)c1cc(F)ccc1OC. The molecule has 0 aliphatic carbocycles. The second kappa shape index (κ2) is 6.60. The number of ether oxygens (including phenoxy) is 2. The molecule has 0 saturated heterocycles. The van der Waals surface area contributed by atoms with E-state index in [2.05, 4.69) is 13.8 Å². The van der Waals surface area contributed by atoms with Crippen molar-refractivity contribution in [3.63, 3.8) is 0 Å². The zero-order valence-electron chi connectivity index (χ0n) is 11.0. The van der Waals surface area contributed by atoms with Crippen LogP contribution in [0.2, 0.25) is 0 Å². The van der Waals surface area contributed by atoms with Crippen LogP contribution in [0.25, 0.3) is 0 Å². The molecule has 0 aliphatic heterocycles. The van der Waals surface area contributed by atoms with E-state index < -0.39 is 0 Å². The summed E-state index contributed by atoms with van der Waals surface area (Å²) in [7, 11) is 1.59. The Hall–Kier alpha value is -1.09. The van der Waals surface area contributed by atoms with Crippen LogP contribution >= 0.6 is 0 Å². The van der Waals surface area contributed by atoms with Gasteiger partial charge in [0.2, 0.25) is 0 Å². The molecule has 0 spiro atoms. The molecule has 0 radical (unpaired) electrons. The summed E-state index contributed by atoms with van der Waals surface area (Å²) in [6.45, 7) is 6.87. The molecular formula is C14H21FO2. The molecule has 1 aromatic carbocycles. The van der Waals surface area contributed by atoms with Gasteiger partial charge in [0.25, 0.3) is 0 Å². The molecule has 1 atom stereocenters. The third-order valence-electron chi connectivity index (χ3n) is 2.54. The molecule has 0 unspecified atom stereocenters. The second-order valence-electron chi connectivity index (χ2n) is 4.51. The first-order chi connectivity index (χ1) is 8.08. The fourth-order valence-electron chi connectivity index (χ4n) is 1.69. The zero-order chi connectivity index (χ0) is 12.8. The van der Waals surface area contributed by atoms with Gasteiger partial charge in [0.1, 0.15) is 11.6 Å². The van der Waals surface area contributed by atoms with Gasteiger partial charge in [-0.25, -0.2) is 4.39 Å². The summed E-state index contributed by atoms with van der Waals surface area (Å²) in [4.78, 5) is 0. The lowest BCUT2D eigenvalue weighted by atomic mass is 10.1. The Morgan fingerprint density at radius 2 is 2.00 bits per heavy atom. The number of halogens is 1. The van der Waals surface area contributed by atoms with Crippen LogP contribution in [-0.4, -0.2) is 13.7 Å². The average Bonchev–Trinajstić information content (AvgIpc) is 2.30. The lowest BCUT2D eigenvalue weighted by molar-refractivity contribution is 0.0310. The lowest BCUT2D eigenvalue weighted by Gasteiger charge is -2.20. The molecule has 0 heterocycles. The van der Waals surface area contributed by atoms with Crippen LogP contribution < -0.4 is 4.74 Å². The van der Waals surface area contributed by atoms with Gasteiger partial charge in [-0.2, -0.15) is 0 Å². The molecule has 0 saturated carbocycles. The van der Waals surface area contributed by atoms with Crippen molar-refractivity contribution in [2.75, 3.05) is 13.7 Å². The van der Waals surface area contributed by atoms with Crippen LogP contribution in [0.3, 0.4) is 0 Å². The number of benzene rings is 1. The fourth-order valence-corrected chi connectivity index (χ4v) is 1.69. The van der Waals surface area contributed by atoms with Crippen LogP contribution in [-0.2, 0) is 4.74 Å². The molecule has 2 nitrogen and oxygen atoms in total. The first-order valence-corrected chi connectivity index (χ1v) is 6.03. The maximum absolute atomic E-state index is 13.3. The number of rotatable bonds is 6. The summed E-state index contributed by atoms with van der Waals surface area (Å²) in [6.07, 6.45) is 0.690. The van der Waals surface area contributed by atoms with Gasteiger partial charge in [0, 0.05) is 12.2 Å². The van der Waals surface area contributed by atoms with Crippen molar-refractivity contribution in [3.05, 3.63) is 29.6 Å². The van der Waals surface area contributed by atoms with Gasteiger partial charge in [0.15, 0.2) is 0 Å². The number of methoxy groups -OCH3 is 1. The van der Waals surface area contributed by atoms with Crippen molar-refractivity contribution in [1.29, 1.82) is 0 Å². The van der Waals surface area contributed by atoms with Crippen molar-refractivity contribution in [3.8, 4) is 5.75 Å². The average molecular weight is 240 g/mol. The van der Waals surface area contributed by atoms with Gasteiger partial charge in [-0.1, -0.05) is 20.8 Å². The minimum Gasteiger partial charge on any atom is -0.496 e. The van der Waals surface area contributed by atoms with E-state index >= 15 is 0 Å². The van der Waals surface area contributed by atoms with Crippen LogP contribution in [0.15, 0.2) is 18.2 Å². The van der Waals surface area contributed by atoms with Gasteiger partial charge >= 0.3 is 0 Å². The smallest absolute Gasteiger partial charge is 0.124 e. The van der Waals surface area contributed by atoms with E-state index in [-0.39, 0.29) is 11.9 Å². The summed E-state index contributed by atoms with van der Waals surface area (Å²) < 4.78 is 24.3. The predicted octanol–water partition coefficient (Wildman–Crippen LogP) is 3.96. The van der Waals surface area contributed by atoms with Gasteiger partial charge in [-0.05, 0) is 30.5 Å². The van der Waals surface area contributed by atoms with Gasteiger partial charge in [0.05, 0.1) is 13.2 Å². The zero-order valence-corrected chi connectivity index (χ0v) is 11.0. The van der Waals surface area contributed by atoms with Crippen LogP contribution in [0.4, 0.5) is 4.39 Å². The molecule has 0 aromatic heterocycles. The highest BCUT2D eigenvalue weighted by molar-refractivity contribution is 5.35. The summed E-state index contributed by atoms with van der Waals surface area (Å²) >= 11 is 0. The van der Waals surface area contributed by atoms with Crippen LogP contribution in [0.1, 0.15) is 38.9 Å². The number of hydrogen-bond acceptors (Lipinski definition) is 2. The van der Waals surface area contributed by atoms with E-state index in [1.54, 1.807) is 13.2 Å². The predicted molar refractivity (Wildman–Crippen MR) is 66.8 cm³/mol. The van der Waals surface area contributed by atoms with E-state index in [0.717, 1.165) is 12.0 Å². The van der Waals surface area contributed by atoms with Crippen molar-refractivity contribution in [2.24, 2.45) is 5.92 Å². The molecule has 0 amide bonds. The number of hydrogen-bond donors (Lipinski definition) is 0. The quantitative estimate of drug-likeness (QED) is 0.749. The largest absolute Gasteiger partial charge is 0.496 e. The Balaban J connectivity index is 2.89. The third kappa shape index (κ3) is 4.00. The van der Waals surface area contributed by atoms with E-state index in [4.69, 9.17) is 9.47 Å². The summed E-state index contributed by atoms with van der Waals surface area (Å²) in [6, 6.07) is 4.54. The maximum atomic E-state index is 13.3. The molecule has 0 aliphatic rings. The van der Waals surface area contributed by atoms with Gasteiger partial charge in [-0.3, -0.25) is 0 Å². The van der Waals surface area contributed by atoms with Crippen LogP contribution in [0, 0.1) is 11.7 Å². The highest BCUT2D eigenvalue weighted by Gasteiger charge is 2.16. The van der Waals surface area contributed by atoms with Crippen LogP contribution in [0.5, 0.6) is 5.75 Å². The minimum absolute atomic E-state index is 0.108. The highest BCUT2D eigenvalue weighted by Crippen LogP contribution is 2.30. The van der Waals surface area contributed by atoms with Crippen molar-refractivity contribution < 1.29 is 13.9 Å². The maximum Gasteiger partial charge on any atom is 0.124 e. The van der Waals surface area contributed by atoms with Crippen molar-refractivity contribution in [2.45, 2.75) is 33.3 Å².